The molecule has 4 rings (SSSR count). The van der Waals surface area contributed by atoms with Gasteiger partial charge in [-0.1, -0.05) is 71.0 Å². The Bertz CT molecular complexity index is 1180. The van der Waals surface area contributed by atoms with Crippen molar-refractivity contribution >= 4 is 17.7 Å². The number of ether oxygens (including phenoxy) is 1. The van der Waals surface area contributed by atoms with Crippen LogP contribution in [0.2, 0.25) is 0 Å². The molecule has 0 aromatic heterocycles. The van der Waals surface area contributed by atoms with E-state index in [1.54, 1.807) is 51.1 Å². The van der Waals surface area contributed by atoms with Crippen LogP contribution in [0.5, 0.6) is 5.75 Å². The van der Waals surface area contributed by atoms with Gasteiger partial charge in [0.2, 0.25) is 0 Å². The molecule has 1 aliphatic carbocycles. The molecule has 0 radical (unpaired) electrons. The monoisotopic (exact) mass is 466 g/mol. The van der Waals surface area contributed by atoms with E-state index in [-0.39, 0.29) is 18.2 Å². The number of aliphatic hydroxyl groups is 1. The average Bonchev–Trinajstić information content (AvgIpc) is 3.12. The van der Waals surface area contributed by atoms with Gasteiger partial charge in [-0.2, -0.15) is 0 Å². The maximum absolute atomic E-state index is 13.9. The minimum atomic E-state index is -2.06. The van der Waals surface area contributed by atoms with E-state index in [1.165, 1.54) is 0 Å². The van der Waals surface area contributed by atoms with Crippen LogP contribution in [-0.2, 0) is 16.1 Å². The summed E-state index contributed by atoms with van der Waals surface area (Å²) in [6.45, 7) is 8.91. The molecule has 1 heterocycles. The van der Waals surface area contributed by atoms with Crippen LogP contribution in [0.1, 0.15) is 67.6 Å². The number of benzene rings is 2. The molecule has 3 atom stereocenters. The molecule has 4 N–H and O–H groups in total. The number of Topliss-reactive ketones (excluding diaryl/α,β-unsaturated/α-hetero) is 2. The predicted molar refractivity (Wildman–Crippen MR) is 125 cm³/mol. The van der Waals surface area contributed by atoms with Crippen molar-refractivity contribution in [2.24, 2.45) is 5.41 Å². The molecule has 1 amide bonds. The highest BCUT2D eigenvalue weighted by molar-refractivity contribution is 6.10. The molecule has 2 aromatic carbocycles. The van der Waals surface area contributed by atoms with Gasteiger partial charge in [0.05, 0.1) is 0 Å². The average molecular weight is 467 g/mol. The van der Waals surface area contributed by atoms with E-state index in [9.17, 15) is 24.6 Å². The number of carbonyl (C=O) groups is 3. The molecule has 0 fully saturated rings. The molecule has 2 unspecified atom stereocenters. The van der Waals surface area contributed by atoms with E-state index in [0.29, 0.717) is 22.4 Å². The van der Waals surface area contributed by atoms with Crippen molar-refractivity contribution in [1.29, 1.82) is 0 Å². The highest BCUT2D eigenvalue weighted by Gasteiger charge is 2.70. The fraction of sp³-hybridized carbons (Fsp3) is 0.423. The summed E-state index contributed by atoms with van der Waals surface area (Å²) in [5.74, 6) is -2.24. The summed E-state index contributed by atoms with van der Waals surface area (Å²) in [7, 11) is 0. The van der Waals surface area contributed by atoms with Gasteiger partial charge in [-0.3, -0.25) is 14.9 Å². The number of hydrogen-bond donors (Lipinski definition) is 4. The lowest BCUT2D eigenvalue weighted by atomic mass is 9.81. The van der Waals surface area contributed by atoms with Crippen molar-refractivity contribution in [2.75, 3.05) is 6.54 Å². The molecular weight excluding hydrogens is 436 g/mol. The molecule has 0 bridgehead atoms. The number of rotatable bonds is 6. The highest BCUT2D eigenvalue weighted by Crippen LogP contribution is 2.58. The lowest BCUT2D eigenvalue weighted by Crippen LogP contribution is -2.62. The molecule has 34 heavy (non-hydrogen) atoms. The third-order valence-corrected chi connectivity index (χ3v) is 6.64. The van der Waals surface area contributed by atoms with Gasteiger partial charge in [0, 0.05) is 28.7 Å². The van der Waals surface area contributed by atoms with Crippen LogP contribution >= 0.6 is 0 Å². The number of carbonyl (C=O) groups excluding carboxylic acids is 2. The summed E-state index contributed by atoms with van der Waals surface area (Å²) >= 11 is 0. The van der Waals surface area contributed by atoms with Crippen molar-refractivity contribution in [3.05, 3.63) is 64.7 Å². The quantitative estimate of drug-likeness (QED) is 0.515. The Hall–Kier alpha value is -3.23. The van der Waals surface area contributed by atoms with Gasteiger partial charge in [0.15, 0.2) is 17.1 Å². The second-order valence-corrected chi connectivity index (χ2v) is 10.3. The van der Waals surface area contributed by atoms with E-state index in [0.717, 1.165) is 5.56 Å². The van der Waals surface area contributed by atoms with Gasteiger partial charge in [0.25, 0.3) is 5.79 Å². The smallest absolute Gasteiger partial charge is 0.405 e. The van der Waals surface area contributed by atoms with Crippen LogP contribution in [0.3, 0.4) is 0 Å². The zero-order valence-corrected chi connectivity index (χ0v) is 19.9. The van der Waals surface area contributed by atoms with Crippen molar-refractivity contribution in [3.8, 4) is 5.75 Å². The van der Waals surface area contributed by atoms with Gasteiger partial charge in [-0.25, -0.2) is 4.79 Å². The lowest BCUT2D eigenvalue weighted by Gasteiger charge is -2.36. The summed E-state index contributed by atoms with van der Waals surface area (Å²) in [5.41, 5.74) is -0.523. The third-order valence-electron chi connectivity index (χ3n) is 6.64. The SMILES string of the molecule is CC(C)c1ccc2c(c1)OC1(O)c3ccccc3C(=O)C21NC[C@@H](NC(=O)O)C(=O)C(C)(C)C. The van der Waals surface area contributed by atoms with Crippen LogP contribution in [0, 0.1) is 5.41 Å². The van der Waals surface area contributed by atoms with Crippen molar-refractivity contribution in [1.82, 2.24) is 10.6 Å². The second-order valence-electron chi connectivity index (χ2n) is 10.3. The zero-order valence-electron chi connectivity index (χ0n) is 19.9. The molecule has 2 aliphatic rings. The van der Waals surface area contributed by atoms with E-state index in [1.807, 2.05) is 26.0 Å². The first-order valence-electron chi connectivity index (χ1n) is 11.3. The largest absolute Gasteiger partial charge is 0.465 e. The third kappa shape index (κ3) is 3.40. The molecule has 2 aromatic rings. The van der Waals surface area contributed by atoms with Gasteiger partial charge in [-0.05, 0) is 17.5 Å². The van der Waals surface area contributed by atoms with E-state index >= 15 is 0 Å². The standard InChI is InChI=1S/C26H30N2O6/c1-14(2)15-10-11-18-20(12-15)34-26(33)17-9-7-6-8-16(17)21(29)25(18,26)27-13-19(28-23(31)32)22(30)24(3,4)5/h6-12,14,19,27-28,33H,13H2,1-5H3,(H,31,32)/t19-,25?,26?/m1/s1. The molecule has 0 spiro atoms. The highest BCUT2D eigenvalue weighted by atomic mass is 16.6. The molecule has 1 aliphatic heterocycles. The van der Waals surface area contributed by atoms with E-state index in [4.69, 9.17) is 4.74 Å². The number of nitrogens with one attached hydrogen (secondary N) is 2. The number of ketones is 2. The first-order chi connectivity index (χ1) is 15.8. The van der Waals surface area contributed by atoms with Crippen LogP contribution in [0.25, 0.3) is 0 Å². The van der Waals surface area contributed by atoms with Crippen LogP contribution in [0.4, 0.5) is 4.79 Å². The Morgan fingerprint density at radius 2 is 1.76 bits per heavy atom. The number of amides is 1. The fourth-order valence-electron chi connectivity index (χ4n) is 4.85. The maximum atomic E-state index is 13.9. The lowest BCUT2D eigenvalue weighted by molar-refractivity contribution is -0.172. The Labute approximate surface area is 198 Å². The number of hydrogen-bond acceptors (Lipinski definition) is 6. The Morgan fingerprint density at radius 1 is 1.09 bits per heavy atom. The minimum absolute atomic E-state index is 0.199. The molecule has 8 heteroatoms. The summed E-state index contributed by atoms with van der Waals surface area (Å²) in [5, 5.41) is 26.6. The van der Waals surface area contributed by atoms with Gasteiger partial charge < -0.3 is 20.3 Å². The summed E-state index contributed by atoms with van der Waals surface area (Å²) < 4.78 is 6.10. The normalized spacial score (nSPS) is 23.7. The summed E-state index contributed by atoms with van der Waals surface area (Å²) in [6, 6.07) is 11.0. The van der Waals surface area contributed by atoms with E-state index < -0.39 is 34.7 Å². The van der Waals surface area contributed by atoms with Crippen molar-refractivity contribution < 1.29 is 29.3 Å². The molecule has 8 nitrogen and oxygen atoms in total. The maximum Gasteiger partial charge on any atom is 0.405 e. The van der Waals surface area contributed by atoms with Crippen molar-refractivity contribution in [3.63, 3.8) is 0 Å². The fourth-order valence-corrected chi connectivity index (χ4v) is 4.85. The summed E-state index contributed by atoms with van der Waals surface area (Å²) in [6.07, 6.45) is -1.36. The Balaban J connectivity index is 1.83. The van der Waals surface area contributed by atoms with E-state index in [2.05, 4.69) is 10.6 Å². The van der Waals surface area contributed by atoms with Gasteiger partial charge in [-0.15, -0.1) is 0 Å². The Kier molecular flexibility index (Phi) is 5.57. The number of fused-ring (bicyclic) bond motifs is 5. The molecular formula is C26H30N2O6. The van der Waals surface area contributed by atoms with Gasteiger partial charge in [0.1, 0.15) is 11.8 Å². The van der Waals surface area contributed by atoms with Crippen molar-refractivity contribution in [2.45, 2.75) is 57.9 Å². The van der Waals surface area contributed by atoms with Crippen LogP contribution in [0.15, 0.2) is 42.5 Å². The zero-order chi connectivity index (χ0) is 25.1. The molecule has 0 saturated heterocycles. The number of carboxylic acid groups (broad SMARTS) is 1. The predicted octanol–water partition coefficient (Wildman–Crippen LogP) is 3.28. The Morgan fingerprint density at radius 3 is 2.38 bits per heavy atom. The first-order valence-corrected chi connectivity index (χ1v) is 11.3. The van der Waals surface area contributed by atoms with Crippen LogP contribution in [-0.4, -0.2) is 40.5 Å². The minimum Gasteiger partial charge on any atom is -0.465 e. The van der Waals surface area contributed by atoms with Crippen LogP contribution < -0.4 is 15.4 Å². The summed E-state index contributed by atoms with van der Waals surface area (Å²) in [4.78, 5) is 38.3. The molecule has 0 saturated carbocycles. The first kappa shape index (κ1) is 23.9. The topological polar surface area (TPSA) is 125 Å². The van der Waals surface area contributed by atoms with Gasteiger partial charge >= 0.3 is 6.09 Å². The molecule has 180 valence electrons. The second kappa shape index (κ2) is 7.92.